The van der Waals surface area contributed by atoms with Gasteiger partial charge in [0.05, 0.1) is 0 Å². The lowest BCUT2D eigenvalue weighted by Crippen LogP contribution is -2.45. The maximum absolute atomic E-state index is 12.7. The van der Waals surface area contributed by atoms with Gasteiger partial charge in [-0.05, 0) is 19.8 Å². The van der Waals surface area contributed by atoms with E-state index in [0.29, 0.717) is 0 Å². The second-order valence-corrected chi connectivity index (χ2v) is 6.53. The summed E-state index contributed by atoms with van der Waals surface area (Å²) in [6.45, 7) is 5.58. The van der Waals surface area contributed by atoms with E-state index in [2.05, 4.69) is 19.2 Å². The molecule has 0 aliphatic heterocycles. The van der Waals surface area contributed by atoms with E-state index in [1.807, 2.05) is 0 Å². The third-order valence-corrected chi connectivity index (χ3v) is 4.29. The quantitative estimate of drug-likeness (QED) is 0.354. The highest BCUT2D eigenvalue weighted by atomic mass is 19.4. The molecule has 4 heteroatoms. The summed E-state index contributed by atoms with van der Waals surface area (Å²) in [7, 11) is 0. The minimum absolute atomic E-state index is 0.0138. The van der Waals surface area contributed by atoms with Crippen LogP contribution in [0.4, 0.5) is 13.2 Å². The molecule has 0 aromatic rings. The molecule has 22 heavy (non-hydrogen) atoms. The van der Waals surface area contributed by atoms with Gasteiger partial charge in [-0.25, -0.2) is 0 Å². The van der Waals surface area contributed by atoms with E-state index in [1.165, 1.54) is 45.4 Å². The van der Waals surface area contributed by atoms with Gasteiger partial charge in [-0.3, -0.25) is 0 Å². The average Bonchev–Trinajstić information content (AvgIpc) is 2.45. The first-order chi connectivity index (χ1) is 10.4. The van der Waals surface area contributed by atoms with Crippen LogP contribution in [0.2, 0.25) is 0 Å². The zero-order chi connectivity index (χ0) is 16.8. The van der Waals surface area contributed by atoms with Crippen molar-refractivity contribution in [2.45, 2.75) is 116 Å². The molecule has 0 aromatic carbocycles. The first kappa shape index (κ1) is 21.8. The van der Waals surface area contributed by atoms with Gasteiger partial charge in [0.1, 0.15) is 6.04 Å². The second kappa shape index (κ2) is 13.2. The van der Waals surface area contributed by atoms with Crippen LogP contribution in [0.15, 0.2) is 0 Å². The Kier molecular flexibility index (Phi) is 13.1. The zero-order valence-corrected chi connectivity index (χ0v) is 14.8. The van der Waals surface area contributed by atoms with Crippen molar-refractivity contribution in [1.82, 2.24) is 5.32 Å². The largest absolute Gasteiger partial charge is 0.403 e. The van der Waals surface area contributed by atoms with Crippen molar-refractivity contribution in [1.29, 1.82) is 0 Å². The number of halogens is 3. The van der Waals surface area contributed by atoms with Crippen LogP contribution < -0.4 is 5.32 Å². The molecule has 0 aromatic heterocycles. The van der Waals surface area contributed by atoms with Crippen LogP contribution in [0.1, 0.15) is 97.8 Å². The fourth-order valence-electron chi connectivity index (χ4n) is 2.75. The Morgan fingerprint density at radius 1 is 0.727 bits per heavy atom. The third kappa shape index (κ3) is 12.3. The van der Waals surface area contributed by atoms with E-state index in [4.69, 9.17) is 0 Å². The van der Waals surface area contributed by atoms with Crippen molar-refractivity contribution in [2.75, 3.05) is 0 Å². The summed E-state index contributed by atoms with van der Waals surface area (Å²) in [5.41, 5.74) is 0. The topological polar surface area (TPSA) is 12.0 Å². The van der Waals surface area contributed by atoms with Gasteiger partial charge >= 0.3 is 6.18 Å². The number of alkyl halides is 3. The lowest BCUT2D eigenvalue weighted by atomic mass is 9.99. The molecule has 0 saturated heterocycles. The summed E-state index contributed by atoms with van der Waals surface area (Å²) >= 11 is 0. The first-order valence-corrected chi connectivity index (χ1v) is 9.24. The van der Waals surface area contributed by atoms with Crippen LogP contribution >= 0.6 is 0 Å². The van der Waals surface area contributed by atoms with Crippen molar-refractivity contribution < 1.29 is 13.2 Å². The van der Waals surface area contributed by atoms with Crippen LogP contribution in [-0.4, -0.2) is 18.3 Å². The van der Waals surface area contributed by atoms with Gasteiger partial charge in [-0.1, -0.05) is 78.1 Å². The predicted molar refractivity (Wildman–Crippen MR) is 89.2 cm³/mol. The first-order valence-electron chi connectivity index (χ1n) is 9.24. The van der Waals surface area contributed by atoms with Crippen LogP contribution in [-0.2, 0) is 0 Å². The van der Waals surface area contributed by atoms with Gasteiger partial charge in [0.15, 0.2) is 0 Å². The van der Waals surface area contributed by atoms with Crippen LogP contribution in [0, 0.1) is 0 Å². The zero-order valence-electron chi connectivity index (χ0n) is 14.8. The van der Waals surface area contributed by atoms with Crippen molar-refractivity contribution in [3.8, 4) is 0 Å². The van der Waals surface area contributed by atoms with Crippen LogP contribution in [0.3, 0.4) is 0 Å². The van der Waals surface area contributed by atoms with Gasteiger partial charge in [-0.15, -0.1) is 0 Å². The third-order valence-electron chi connectivity index (χ3n) is 4.29. The van der Waals surface area contributed by atoms with Crippen LogP contribution in [0.5, 0.6) is 0 Å². The minimum Gasteiger partial charge on any atom is -0.304 e. The molecule has 0 fully saturated rings. The number of nitrogens with one attached hydrogen (secondary N) is 1. The summed E-state index contributed by atoms with van der Waals surface area (Å²) in [5, 5.41) is 2.81. The van der Waals surface area contributed by atoms with E-state index in [0.717, 1.165) is 38.5 Å². The summed E-state index contributed by atoms with van der Waals surface area (Å²) < 4.78 is 38.2. The maximum atomic E-state index is 12.7. The maximum Gasteiger partial charge on any atom is 0.403 e. The van der Waals surface area contributed by atoms with Crippen LogP contribution in [0.25, 0.3) is 0 Å². The van der Waals surface area contributed by atoms with Gasteiger partial charge in [0.2, 0.25) is 0 Å². The summed E-state index contributed by atoms with van der Waals surface area (Å²) in [5.74, 6) is 0. The molecule has 0 rings (SSSR count). The summed E-state index contributed by atoms with van der Waals surface area (Å²) in [6, 6.07) is -1.39. The molecule has 0 bridgehead atoms. The van der Waals surface area contributed by atoms with Gasteiger partial charge < -0.3 is 5.32 Å². The molecule has 0 saturated carbocycles. The molecule has 0 spiro atoms. The van der Waals surface area contributed by atoms with E-state index in [-0.39, 0.29) is 6.04 Å². The standard InChI is InChI=1S/C18H36F3N/c1-4-6-8-10-12-14-17(15-13-11-9-7-5-2)22-16(3)18(19,20)21/h16-17,22H,4-15H2,1-3H3/t16-/m0/s1. The SMILES string of the molecule is CCCCCCCC(CCCCCCC)N[C@@H](C)C(F)(F)F. The Hall–Kier alpha value is -0.250. The minimum atomic E-state index is -4.14. The summed E-state index contributed by atoms with van der Waals surface area (Å²) in [6.07, 6.45) is 9.23. The molecule has 0 amide bonds. The van der Waals surface area contributed by atoms with E-state index in [9.17, 15) is 13.2 Å². The van der Waals surface area contributed by atoms with Gasteiger partial charge in [0.25, 0.3) is 0 Å². The lowest BCUT2D eigenvalue weighted by Gasteiger charge is -2.25. The number of unbranched alkanes of at least 4 members (excludes halogenated alkanes) is 8. The second-order valence-electron chi connectivity index (χ2n) is 6.53. The van der Waals surface area contributed by atoms with E-state index in [1.54, 1.807) is 0 Å². The van der Waals surface area contributed by atoms with Crippen molar-refractivity contribution in [3.63, 3.8) is 0 Å². The highest BCUT2D eigenvalue weighted by Gasteiger charge is 2.36. The summed E-state index contributed by atoms with van der Waals surface area (Å²) in [4.78, 5) is 0. The lowest BCUT2D eigenvalue weighted by molar-refractivity contribution is -0.153. The molecule has 1 atom stereocenters. The molecule has 0 radical (unpaired) electrons. The van der Waals surface area contributed by atoms with Gasteiger partial charge in [0, 0.05) is 6.04 Å². The Bertz CT molecular complexity index is 227. The van der Waals surface area contributed by atoms with Crippen molar-refractivity contribution in [2.24, 2.45) is 0 Å². The van der Waals surface area contributed by atoms with Gasteiger partial charge in [-0.2, -0.15) is 13.2 Å². The average molecular weight is 323 g/mol. The molecule has 134 valence electrons. The number of hydrogen-bond donors (Lipinski definition) is 1. The Morgan fingerprint density at radius 3 is 1.50 bits per heavy atom. The molecular weight excluding hydrogens is 287 g/mol. The van der Waals surface area contributed by atoms with Crippen molar-refractivity contribution in [3.05, 3.63) is 0 Å². The fourth-order valence-corrected chi connectivity index (χ4v) is 2.75. The van der Waals surface area contributed by atoms with Crippen molar-refractivity contribution >= 4 is 0 Å². The molecule has 0 heterocycles. The normalized spacial score (nSPS) is 13.8. The predicted octanol–water partition coefficient (Wildman–Crippen LogP) is 6.62. The Balaban J connectivity index is 4.07. The number of hydrogen-bond acceptors (Lipinski definition) is 1. The fraction of sp³-hybridized carbons (Fsp3) is 1.00. The smallest absolute Gasteiger partial charge is 0.304 e. The molecule has 1 nitrogen and oxygen atoms in total. The van der Waals surface area contributed by atoms with E-state index >= 15 is 0 Å². The van der Waals surface area contributed by atoms with E-state index < -0.39 is 12.2 Å². The molecule has 1 N–H and O–H groups in total. The monoisotopic (exact) mass is 323 g/mol. The highest BCUT2D eigenvalue weighted by molar-refractivity contribution is 4.76. The molecule has 0 aliphatic carbocycles. The molecular formula is C18H36F3N. The molecule has 0 unspecified atom stereocenters. The number of rotatable bonds is 14. The Morgan fingerprint density at radius 2 is 1.14 bits per heavy atom. The highest BCUT2D eigenvalue weighted by Crippen LogP contribution is 2.22. The molecule has 0 aliphatic rings. The Labute approximate surface area is 135 Å².